The second-order valence-corrected chi connectivity index (χ2v) is 5.81. The van der Waals surface area contributed by atoms with Gasteiger partial charge in [-0.05, 0) is 31.6 Å². The summed E-state index contributed by atoms with van der Waals surface area (Å²) in [7, 11) is 0. The molecule has 90 valence electrons. The molecule has 2 saturated carbocycles. The third-order valence-corrected chi connectivity index (χ3v) is 4.97. The van der Waals surface area contributed by atoms with Gasteiger partial charge < -0.3 is 10.1 Å². The van der Waals surface area contributed by atoms with Crippen molar-refractivity contribution in [2.75, 3.05) is 19.0 Å². The van der Waals surface area contributed by atoms with Crippen molar-refractivity contribution >= 4 is 17.5 Å². The van der Waals surface area contributed by atoms with E-state index in [-0.39, 0.29) is 16.9 Å². The Labute approximate surface area is 101 Å². The average molecular weight is 244 g/mol. The number of rotatable bonds is 4. The van der Waals surface area contributed by atoms with Crippen LogP contribution < -0.4 is 5.32 Å². The van der Waals surface area contributed by atoms with Crippen LogP contribution in [0.15, 0.2) is 0 Å². The zero-order valence-corrected chi connectivity index (χ0v) is 10.2. The minimum absolute atomic E-state index is 0.0800. The lowest BCUT2D eigenvalue weighted by molar-refractivity contribution is -0.125. The molecule has 1 spiro atoms. The first kappa shape index (κ1) is 10.8. The number of halogens is 1. The summed E-state index contributed by atoms with van der Waals surface area (Å²) < 4.78 is 5.96. The molecule has 1 N–H and O–H groups in total. The Kier molecular flexibility index (Phi) is 2.44. The fourth-order valence-electron chi connectivity index (χ4n) is 3.51. The molecule has 0 radical (unpaired) electrons. The smallest absolute Gasteiger partial charge is 0.221 e. The minimum Gasteiger partial charge on any atom is -0.374 e. The molecule has 0 aromatic carbocycles. The quantitative estimate of drug-likeness (QED) is 0.764. The van der Waals surface area contributed by atoms with Gasteiger partial charge in [0.05, 0.1) is 12.2 Å². The van der Waals surface area contributed by atoms with Crippen LogP contribution in [0.1, 0.15) is 32.1 Å². The summed E-state index contributed by atoms with van der Waals surface area (Å²) in [5, 5.41) is 3.03. The second-order valence-electron chi connectivity index (χ2n) is 5.43. The molecule has 2 unspecified atom stereocenters. The van der Waals surface area contributed by atoms with Crippen molar-refractivity contribution in [3.05, 3.63) is 0 Å². The Bertz CT molecular complexity index is 316. The van der Waals surface area contributed by atoms with E-state index < -0.39 is 0 Å². The Balaban J connectivity index is 1.60. The van der Waals surface area contributed by atoms with Gasteiger partial charge in [0, 0.05) is 24.3 Å². The van der Waals surface area contributed by atoms with E-state index in [0.717, 1.165) is 13.2 Å². The van der Waals surface area contributed by atoms with Crippen LogP contribution in [-0.2, 0) is 9.53 Å². The minimum atomic E-state index is 0.0800. The Hall–Kier alpha value is -0.280. The van der Waals surface area contributed by atoms with E-state index in [1.807, 2.05) is 0 Å². The lowest BCUT2D eigenvalue weighted by atomic mass is 9.68. The summed E-state index contributed by atoms with van der Waals surface area (Å²) in [6.45, 7) is 1.71. The number of carbonyl (C=O) groups excluding carboxylic acids is 1. The topological polar surface area (TPSA) is 38.3 Å². The zero-order valence-electron chi connectivity index (χ0n) is 9.43. The molecule has 4 heteroatoms. The molecule has 2 aliphatic carbocycles. The monoisotopic (exact) mass is 243 g/mol. The van der Waals surface area contributed by atoms with Gasteiger partial charge in [0.25, 0.3) is 0 Å². The van der Waals surface area contributed by atoms with Gasteiger partial charge in [0.15, 0.2) is 0 Å². The number of hydrogen-bond donors (Lipinski definition) is 1. The Morgan fingerprint density at radius 3 is 2.88 bits per heavy atom. The molecule has 1 aliphatic heterocycles. The van der Waals surface area contributed by atoms with Crippen molar-refractivity contribution in [3.8, 4) is 0 Å². The van der Waals surface area contributed by atoms with Gasteiger partial charge >= 0.3 is 0 Å². The van der Waals surface area contributed by atoms with Crippen LogP contribution in [-0.4, -0.2) is 30.5 Å². The van der Waals surface area contributed by atoms with Crippen molar-refractivity contribution in [2.45, 2.75) is 37.7 Å². The number of nitrogens with one attached hydrogen (secondary N) is 1. The van der Waals surface area contributed by atoms with Gasteiger partial charge in [0.2, 0.25) is 5.91 Å². The summed E-state index contributed by atoms with van der Waals surface area (Å²) in [5.74, 6) is 1.18. The molecule has 3 nitrogen and oxygen atoms in total. The van der Waals surface area contributed by atoms with E-state index >= 15 is 0 Å². The number of hydrogen-bond acceptors (Lipinski definition) is 2. The average Bonchev–Trinajstić information content (AvgIpc) is 2.82. The number of carbonyl (C=O) groups is 1. The standard InChI is InChI=1S/C12H18ClNO2/c13-5-2-10(15)14-8-11-6-9(11)7-16-12(11)3-1-4-12/h9H,1-8H2,(H,14,15). The van der Waals surface area contributed by atoms with Gasteiger partial charge in [-0.15, -0.1) is 11.6 Å². The maximum atomic E-state index is 11.4. The van der Waals surface area contributed by atoms with Gasteiger partial charge in [-0.3, -0.25) is 4.79 Å². The van der Waals surface area contributed by atoms with Crippen LogP contribution in [0.4, 0.5) is 0 Å². The van der Waals surface area contributed by atoms with Gasteiger partial charge in [-0.1, -0.05) is 0 Å². The normalized spacial score (nSPS) is 37.9. The SMILES string of the molecule is O=C(CCCl)NCC12CC1COC21CCC1. The number of fused-ring (bicyclic) bond motifs is 2. The third-order valence-electron chi connectivity index (χ3n) is 4.78. The fourth-order valence-corrected chi connectivity index (χ4v) is 3.68. The molecule has 1 amide bonds. The van der Waals surface area contributed by atoms with Crippen LogP contribution in [0.3, 0.4) is 0 Å². The summed E-state index contributed by atoms with van der Waals surface area (Å²) in [6, 6.07) is 0. The predicted octanol–water partition coefficient (Wildman–Crippen LogP) is 1.69. The first-order valence-corrected chi connectivity index (χ1v) is 6.73. The van der Waals surface area contributed by atoms with Crippen molar-refractivity contribution in [3.63, 3.8) is 0 Å². The van der Waals surface area contributed by atoms with Crippen LogP contribution >= 0.6 is 11.6 Å². The van der Waals surface area contributed by atoms with Gasteiger partial charge in [-0.25, -0.2) is 0 Å². The molecule has 3 aliphatic rings. The fraction of sp³-hybridized carbons (Fsp3) is 0.917. The molecule has 0 aromatic heterocycles. The highest BCUT2D eigenvalue weighted by Gasteiger charge is 2.73. The van der Waals surface area contributed by atoms with Gasteiger partial charge in [0.1, 0.15) is 0 Å². The second kappa shape index (κ2) is 3.61. The number of ether oxygens (including phenoxy) is 1. The number of alkyl halides is 1. The summed E-state index contributed by atoms with van der Waals surface area (Å²) in [6.07, 6.45) is 5.33. The molecule has 0 aromatic rings. The molecule has 3 fully saturated rings. The van der Waals surface area contributed by atoms with E-state index in [1.165, 1.54) is 25.7 Å². The molecular formula is C12H18ClNO2. The van der Waals surface area contributed by atoms with E-state index in [0.29, 0.717) is 18.2 Å². The van der Waals surface area contributed by atoms with Crippen molar-refractivity contribution in [2.24, 2.45) is 11.3 Å². The highest BCUT2D eigenvalue weighted by atomic mass is 35.5. The van der Waals surface area contributed by atoms with E-state index in [1.54, 1.807) is 0 Å². The largest absolute Gasteiger partial charge is 0.374 e. The van der Waals surface area contributed by atoms with Crippen LogP contribution in [0.5, 0.6) is 0 Å². The summed E-state index contributed by atoms with van der Waals surface area (Å²) in [5.41, 5.74) is 0.416. The molecule has 0 bridgehead atoms. The van der Waals surface area contributed by atoms with Crippen LogP contribution in [0.2, 0.25) is 0 Å². The third kappa shape index (κ3) is 1.34. The zero-order chi connectivity index (χ0) is 11.2. The first-order valence-electron chi connectivity index (χ1n) is 6.19. The maximum absolute atomic E-state index is 11.4. The molecular weight excluding hydrogens is 226 g/mol. The van der Waals surface area contributed by atoms with E-state index in [9.17, 15) is 4.79 Å². The maximum Gasteiger partial charge on any atom is 0.221 e. The highest BCUT2D eigenvalue weighted by Crippen LogP contribution is 2.70. The Morgan fingerprint density at radius 2 is 2.31 bits per heavy atom. The molecule has 1 heterocycles. The summed E-state index contributed by atoms with van der Waals surface area (Å²) in [4.78, 5) is 11.4. The molecule has 3 rings (SSSR count). The molecule has 1 saturated heterocycles. The predicted molar refractivity (Wildman–Crippen MR) is 61.4 cm³/mol. The van der Waals surface area contributed by atoms with E-state index in [4.69, 9.17) is 16.3 Å². The number of amides is 1. The lowest BCUT2D eigenvalue weighted by Gasteiger charge is -2.45. The van der Waals surface area contributed by atoms with Crippen molar-refractivity contribution in [1.29, 1.82) is 0 Å². The molecule has 16 heavy (non-hydrogen) atoms. The lowest BCUT2D eigenvalue weighted by Crippen LogP contribution is -2.50. The van der Waals surface area contributed by atoms with Crippen LogP contribution in [0.25, 0.3) is 0 Å². The van der Waals surface area contributed by atoms with Crippen LogP contribution in [0, 0.1) is 11.3 Å². The van der Waals surface area contributed by atoms with Gasteiger partial charge in [-0.2, -0.15) is 0 Å². The summed E-state index contributed by atoms with van der Waals surface area (Å²) >= 11 is 5.55. The Morgan fingerprint density at radius 1 is 1.50 bits per heavy atom. The van der Waals surface area contributed by atoms with Crippen molar-refractivity contribution < 1.29 is 9.53 Å². The van der Waals surface area contributed by atoms with Crippen molar-refractivity contribution in [1.82, 2.24) is 5.32 Å². The first-order chi connectivity index (χ1) is 7.72. The van der Waals surface area contributed by atoms with E-state index in [2.05, 4.69) is 5.32 Å². The molecule has 2 atom stereocenters. The highest BCUT2D eigenvalue weighted by molar-refractivity contribution is 6.18.